The molecule has 0 unspecified atom stereocenters. The predicted molar refractivity (Wildman–Crippen MR) is 43.1 cm³/mol. The van der Waals surface area contributed by atoms with Crippen molar-refractivity contribution in [2.24, 2.45) is 11.8 Å². The number of hydrogen-bond acceptors (Lipinski definition) is 1. The van der Waals surface area contributed by atoms with E-state index < -0.39 is 0 Å². The summed E-state index contributed by atoms with van der Waals surface area (Å²) in [6.45, 7) is 0. The first-order valence-electron chi connectivity index (χ1n) is 3.61. The molecule has 0 N–H and O–H groups in total. The Hall–Kier alpha value is -0.110. The van der Waals surface area contributed by atoms with Gasteiger partial charge >= 0.3 is 0 Å². The number of fused-ring (bicyclic) bond motifs is 1. The average Bonchev–Trinajstić information content (AvgIpc) is 2.35. The van der Waals surface area contributed by atoms with Gasteiger partial charge in [0.15, 0.2) is 0 Å². The summed E-state index contributed by atoms with van der Waals surface area (Å²) in [6, 6.07) is 0. The van der Waals surface area contributed by atoms with Crippen molar-refractivity contribution in [3.8, 4) is 0 Å². The van der Waals surface area contributed by atoms with Crippen LogP contribution in [0.3, 0.4) is 0 Å². The SMILES string of the molecule is O=C1C[C@H]2[C@H](C=C[C@@H]2Br)C1. The molecule has 0 radical (unpaired) electrons. The van der Waals surface area contributed by atoms with Gasteiger partial charge in [0.2, 0.25) is 0 Å². The summed E-state index contributed by atoms with van der Waals surface area (Å²) < 4.78 is 0. The first-order chi connectivity index (χ1) is 4.77. The van der Waals surface area contributed by atoms with Gasteiger partial charge in [0.25, 0.3) is 0 Å². The Morgan fingerprint density at radius 3 is 2.90 bits per heavy atom. The minimum Gasteiger partial charge on any atom is -0.300 e. The quantitative estimate of drug-likeness (QED) is 0.432. The maximum Gasteiger partial charge on any atom is 0.133 e. The van der Waals surface area contributed by atoms with Crippen LogP contribution in [0.5, 0.6) is 0 Å². The molecule has 0 saturated heterocycles. The Bertz CT molecular complexity index is 197. The molecule has 2 rings (SSSR count). The van der Waals surface area contributed by atoms with Crippen molar-refractivity contribution in [2.75, 3.05) is 0 Å². The fourth-order valence-corrected chi connectivity index (χ4v) is 2.62. The lowest BCUT2D eigenvalue weighted by Gasteiger charge is -2.09. The monoisotopic (exact) mass is 200 g/mol. The molecular formula is C8H9BrO. The zero-order chi connectivity index (χ0) is 7.14. The first kappa shape index (κ1) is 6.59. The van der Waals surface area contributed by atoms with E-state index in [9.17, 15) is 4.79 Å². The second kappa shape index (κ2) is 2.19. The number of carbonyl (C=O) groups excluding carboxylic acids is 1. The van der Waals surface area contributed by atoms with Crippen LogP contribution in [0.15, 0.2) is 12.2 Å². The lowest BCUT2D eigenvalue weighted by molar-refractivity contribution is -0.117. The molecule has 2 aliphatic carbocycles. The maximum absolute atomic E-state index is 10.9. The van der Waals surface area contributed by atoms with Crippen molar-refractivity contribution in [3.63, 3.8) is 0 Å². The summed E-state index contributed by atoms with van der Waals surface area (Å²) in [6.07, 6.45) is 5.91. The normalized spacial score (nSPS) is 44.5. The van der Waals surface area contributed by atoms with Crippen LogP contribution in [-0.2, 0) is 4.79 Å². The minimum absolute atomic E-state index is 0.434. The predicted octanol–water partition coefficient (Wildman–Crippen LogP) is 1.91. The van der Waals surface area contributed by atoms with Crippen molar-refractivity contribution in [2.45, 2.75) is 17.7 Å². The summed E-state index contributed by atoms with van der Waals surface area (Å²) >= 11 is 3.53. The summed E-state index contributed by atoms with van der Waals surface area (Å²) in [5.74, 6) is 1.56. The van der Waals surface area contributed by atoms with Gasteiger partial charge in [-0.1, -0.05) is 28.1 Å². The van der Waals surface area contributed by atoms with Crippen LogP contribution in [0.2, 0.25) is 0 Å². The molecule has 0 bridgehead atoms. The molecule has 54 valence electrons. The standard InChI is InChI=1S/C8H9BrO/c9-8-2-1-5-3-6(10)4-7(5)8/h1-2,5,7-8H,3-4H2/t5-,7+,8+/m1/s1. The molecule has 0 aliphatic heterocycles. The third kappa shape index (κ3) is 0.858. The highest BCUT2D eigenvalue weighted by Gasteiger charge is 2.37. The molecule has 1 fully saturated rings. The maximum atomic E-state index is 10.9. The van der Waals surface area contributed by atoms with E-state index in [0.717, 1.165) is 12.8 Å². The molecule has 0 aromatic heterocycles. The third-order valence-electron chi connectivity index (χ3n) is 2.43. The van der Waals surface area contributed by atoms with Gasteiger partial charge in [-0.05, 0) is 11.8 Å². The number of hydrogen-bond donors (Lipinski definition) is 0. The zero-order valence-corrected chi connectivity index (χ0v) is 7.17. The van der Waals surface area contributed by atoms with E-state index in [2.05, 4.69) is 28.1 Å². The Morgan fingerprint density at radius 1 is 1.40 bits per heavy atom. The number of Topliss-reactive ketones (excluding diaryl/α,β-unsaturated/α-hetero) is 1. The van der Waals surface area contributed by atoms with E-state index in [4.69, 9.17) is 0 Å². The fourth-order valence-electron chi connectivity index (χ4n) is 1.86. The highest BCUT2D eigenvalue weighted by Crippen LogP contribution is 2.40. The zero-order valence-electron chi connectivity index (χ0n) is 5.59. The van der Waals surface area contributed by atoms with Crippen LogP contribution in [-0.4, -0.2) is 10.6 Å². The van der Waals surface area contributed by atoms with Gasteiger partial charge in [-0.25, -0.2) is 0 Å². The van der Waals surface area contributed by atoms with Gasteiger partial charge in [0, 0.05) is 17.7 Å². The topological polar surface area (TPSA) is 17.1 Å². The van der Waals surface area contributed by atoms with Crippen molar-refractivity contribution in [1.82, 2.24) is 0 Å². The summed E-state index contributed by atoms with van der Waals surface area (Å²) in [7, 11) is 0. The summed E-state index contributed by atoms with van der Waals surface area (Å²) in [4.78, 5) is 11.4. The number of allylic oxidation sites excluding steroid dienone is 2. The largest absolute Gasteiger partial charge is 0.300 e. The van der Waals surface area contributed by atoms with Crippen molar-refractivity contribution in [3.05, 3.63) is 12.2 Å². The Morgan fingerprint density at radius 2 is 2.20 bits per heavy atom. The Balaban J connectivity index is 2.19. The molecule has 3 atom stereocenters. The van der Waals surface area contributed by atoms with E-state index in [1.165, 1.54) is 0 Å². The molecule has 10 heavy (non-hydrogen) atoms. The molecule has 1 nitrogen and oxygen atoms in total. The van der Waals surface area contributed by atoms with Gasteiger partial charge in [-0.3, -0.25) is 4.79 Å². The highest BCUT2D eigenvalue weighted by molar-refractivity contribution is 9.09. The third-order valence-corrected chi connectivity index (χ3v) is 3.41. The molecule has 0 aromatic carbocycles. The molecule has 0 spiro atoms. The summed E-state index contributed by atoms with van der Waals surface area (Å²) in [5, 5.41) is 0. The molecule has 0 heterocycles. The van der Waals surface area contributed by atoms with Gasteiger partial charge in [0.1, 0.15) is 5.78 Å². The molecule has 0 amide bonds. The van der Waals surface area contributed by atoms with E-state index in [1.54, 1.807) is 0 Å². The van der Waals surface area contributed by atoms with Crippen LogP contribution >= 0.6 is 15.9 Å². The van der Waals surface area contributed by atoms with Crippen LogP contribution in [0.1, 0.15) is 12.8 Å². The Labute approximate surface area is 68.6 Å². The average molecular weight is 201 g/mol. The smallest absolute Gasteiger partial charge is 0.133 e. The van der Waals surface area contributed by atoms with Crippen molar-refractivity contribution in [1.29, 1.82) is 0 Å². The molecule has 1 saturated carbocycles. The number of carbonyl (C=O) groups is 1. The van der Waals surface area contributed by atoms with Crippen LogP contribution in [0.4, 0.5) is 0 Å². The molecular weight excluding hydrogens is 192 g/mol. The lowest BCUT2D eigenvalue weighted by Crippen LogP contribution is -2.08. The number of rotatable bonds is 0. The fraction of sp³-hybridized carbons (Fsp3) is 0.625. The number of halogens is 1. The second-order valence-corrected chi connectivity index (χ2v) is 4.16. The van der Waals surface area contributed by atoms with Crippen molar-refractivity contribution >= 4 is 21.7 Å². The first-order valence-corrected chi connectivity index (χ1v) is 4.53. The Kier molecular flexibility index (Phi) is 1.44. The van der Waals surface area contributed by atoms with E-state index in [-0.39, 0.29) is 0 Å². The van der Waals surface area contributed by atoms with Crippen LogP contribution in [0.25, 0.3) is 0 Å². The second-order valence-electron chi connectivity index (χ2n) is 3.10. The molecule has 2 aliphatic rings. The van der Waals surface area contributed by atoms with E-state index in [1.807, 2.05) is 0 Å². The van der Waals surface area contributed by atoms with E-state index in [0.29, 0.717) is 22.4 Å². The van der Waals surface area contributed by atoms with Gasteiger partial charge in [-0.2, -0.15) is 0 Å². The van der Waals surface area contributed by atoms with Crippen molar-refractivity contribution < 1.29 is 4.79 Å². The van der Waals surface area contributed by atoms with E-state index >= 15 is 0 Å². The van der Waals surface area contributed by atoms with Gasteiger partial charge < -0.3 is 0 Å². The number of alkyl halides is 1. The highest BCUT2D eigenvalue weighted by atomic mass is 79.9. The van der Waals surface area contributed by atoms with Crippen LogP contribution in [0, 0.1) is 11.8 Å². The summed E-state index contributed by atoms with van der Waals surface area (Å²) in [5.41, 5.74) is 0. The van der Waals surface area contributed by atoms with Crippen LogP contribution < -0.4 is 0 Å². The minimum atomic E-state index is 0.434. The molecule has 0 aromatic rings. The van der Waals surface area contributed by atoms with Gasteiger partial charge in [-0.15, -0.1) is 0 Å². The lowest BCUT2D eigenvalue weighted by atomic mass is 10.0. The number of ketones is 1. The van der Waals surface area contributed by atoms with Gasteiger partial charge in [0.05, 0.1) is 0 Å². The molecule has 2 heteroatoms.